The number of aromatic nitrogens is 1. The van der Waals surface area contributed by atoms with Gasteiger partial charge in [0, 0.05) is 18.1 Å². The maximum atomic E-state index is 12.5. The Kier molecular flexibility index (Phi) is 6.82. The number of hydrogen-bond acceptors (Lipinski definition) is 7. The molecule has 2 aromatic rings. The SMILES string of the molecule is Cc1cc(C(=O)OC2(C(N)=O)CCC(CCN3CCC(c4cccc5c4CCO5)CC3)CC2)on1. The lowest BCUT2D eigenvalue weighted by Gasteiger charge is -2.38. The molecule has 8 nitrogen and oxygen atoms in total. The molecule has 0 bridgehead atoms. The van der Waals surface area contributed by atoms with Crippen molar-refractivity contribution in [3.05, 3.63) is 46.8 Å². The second kappa shape index (κ2) is 10.0. The number of rotatable bonds is 7. The van der Waals surface area contributed by atoms with Crippen molar-refractivity contribution in [1.82, 2.24) is 10.1 Å². The highest BCUT2D eigenvalue weighted by atomic mass is 16.6. The summed E-state index contributed by atoms with van der Waals surface area (Å²) in [6, 6.07) is 8.01. The van der Waals surface area contributed by atoms with E-state index in [1.807, 2.05) is 0 Å². The quantitative estimate of drug-likeness (QED) is 0.600. The topological polar surface area (TPSA) is 108 Å². The largest absolute Gasteiger partial charge is 0.493 e. The zero-order chi connectivity index (χ0) is 24.4. The molecule has 5 rings (SSSR count). The van der Waals surface area contributed by atoms with E-state index in [0.717, 1.165) is 57.7 Å². The van der Waals surface area contributed by atoms with Gasteiger partial charge in [0.1, 0.15) is 5.75 Å². The Labute approximate surface area is 206 Å². The molecule has 0 atom stereocenters. The zero-order valence-corrected chi connectivity index (χ0v) is 20.5. The van der Waals surface area contributed by atoms with Crippen LogP contribution in [0.1, 0.15) is 78.2 Å². The molecule has 35 heavy (non-hydrogen) atoms. The van der Waals surface area contributed by atoms with Crippen molar-refractivity contribution in [2.24, 2.45) is 11.7 Å². The number of piperidine rings is 1. The molecule has 1 amide bonds. The molecule has 2 fully saturated rings. The van der Waals surface area contributed by atoms with Crippen molar-refractivity contribution < 1.29 is 23.6 Å². The lowest BCUT2D eigenvalue weighted by atomic mass is 9.76. The molecule has 8 heteroatoms. The maximum Gasteiger partial charge on any atom is 0.378 e. The zero-order valence-electron chi connectivity index (χ0n) is 20.5. The fourth-order valence-corrected chi connectivity index (χ4v) is 5.98. The van der Waals surface area contributed by atoms with Crippen LogP contribution in [0.3, 0.4) is 0 Å². The number of carbonyl (C=O) groups is 2. The monoisotopic (exact) mass is 481 g/mol. The minimum atomic E-state index is -1.26. The first-order valence-corrected chi connectivity index (χ1v) is 12.9. The summed E-state index contributed by atoms with van der Waals surface area (Å²) < 4.78 is 16.3. The summed E-state index contributed by atoms with van der Waals surface area (Å²) in [5.41, 5.74) is 7.92. The van der Waals surface area contributed by atoms with Crippen molar-refractivity contribution in [3.63, 3.8) is 0 Å². The maximum absolute atomic E-state index is 12.5. The number of likely N-dealkylation sites (tertiary alicyclic amines) is 1. The number of hydrogen-bond donors (Lipinski definition) is 1. The molecule has 3 heterocycles. The second-order valence-electron chi connectivity index (χ2n) is 10.4. The number of aryl methyl sites for hydroxylation is 1. The summed E-state index contributed by atoms with van der Waals surface area (Å²) in [5, 5.41) is 3.71. The summed E-state index contributed by atoms with van der Waals surface area (Å²) in [7, 11) is 0. The van der Waals surface area contributed by atoms with Gasteiger partial charge in [0.2, 0.25) is 5.76 Å². The molecule has 0 spiro atoms. The molecule has 188 valence electrons. The van der Waals surface area contributed by atoms with E-state index in [-0.39, 0.29) is 5.76 Å². The summed E-state index contributed by atoms with van der Waals surface area (Å²) in [5.74, 6) is 0.942. The molecule has 1 saturated heterocycles. The smallest absolute Gasteiger partial charge is 0.378 e. The predicted octanol–water partition coefficient (Wildman–Crippen LogP) is 3.76. The summed E-state index contributed by atoms with van der Waals surface area (Å²) in [4.78, 5) is 27.3. The van der Waals surface area contributed by atoms with Gasteiger partial charge in [0.25, 0.3) is 5.91 Å². The molecule has 1 aromatic heterocycles. The van der Waals surface area contributed by atoms with E-state index in [2.05, 4.69) is 28.3 Å². The third-order valence-electron chi connectivity index (χ3n) is 8.14. The average Bonchev–Trinajstić information content (AvgIpc) is 3.53. The minimum Gasteiger partial charge on any atom is -0.493 e. The Morgan fingerprint density at radius 3 is 2.66 bits per heavy atom. The third kappa shape index (κ3) is 5.08. The first-order chi connectivity index (χ1) is 16.9. The van der Waals surface area contributed by atoms with E-state index >= 15 is 0 Å². The van der Waals surface area contributed by atoms with Crippen molar-refractivity contribution in [1.29, 1.82) is 0 Å². The van der Waals surface area contributed by atoms with Gasteiger partial charge in [-0.1, -0.05) is 17.3 Å². The lowest BCUT2D eigenvalue weighted by molar-refractivity contribution is -0.142. The highest BCUT2D eigenvalue weighted by Gasteiger charge is 2.44. The highest BCUT2D eigenvalue weighted by molar-refractivity contribution is 5.91. The number of primary amides is 1. The molecule has 3 aliphatic rings. The lowest BCUT2D eigenvalue weighted by Crippen LogP contribution is -2.50. The van der Waals surface area contributed by atoms with Crippen LogP contribution >= 0.6 is 0 Å². The number of nitrogens with zero attached hydrogens (tertiary/aromatic N) is 2. The predicted molar refractivity (Wildman–Crippen MR) is 129 cm³/mol. The molecule has 1 saturated carbocycles. The Morgan fingerprint density at radius 1 is 1.20 bits per heavy atom. The van der Waals surface area contributed by atoms with Crippen molar-refractivity contribution in [2.75, 3.05) is 26.2 Å². The summed E-state index contributed by atoms with van der Waals surface area (Å²) in [6.45, 7) is 5.82. The first kappa shape index (κ1) is 23.9. The third-order valence-corrected chi connectivity index (χ3v) is 8.14. The minimum absolute atomic E-state index is 0.00151. The highest BCUT2D eigenvalue weighted by Crippen LogP contribution is 2.39. The van der Waals surface area contributed by atoms with Crippen LogP contribution in [0.25, 0.3) is 0 Å². The molecule has 1 aliphatic carbocycles. The van der Waals surface area contributed by atoms with E-state index in [1.54, 1.807) is 6.92 Å². The van der Waals surface area contributed by atoms with Gasteiger partial charge in [0.15, 0.2) is 5.60 Å². The fraction of sp³-hybridized carbons (Fsp3) is 0.593. The van der Waals surface area contributed by atoms with Crippen LogP contribution in [0.4, 0.5) is 0 Å². The Balaban J connectivity index is 1.09. The normalized spacial score (nSPS) is 25.1. The van der Waals surface area contributed by atoms with Crippen molar-refractivity contribution >= 4 is 11.9 Å². The van der Waals surface area contributed by atoms with Gasteiger partial charge in [-0.15, -0.1) is 0 Å². The van der Waals surface area contributed by atoms with E-state index in [1.165, 1.54) is 30.0 Å². The molecule has 0 unspecified atom stereocenters. The Bertz CT molecular complexity index is 1060. The number of esters is 1. The van der Waals surface area contributed by atoms with Gasteiger partial charge in [-0.3, -0.25) is 4.79 Å². The van der Waals surface area contributed by atoms with Crippen molar-refractivity contribution in [3.8, 4) is 5.75 Å². The van der Waals surface area contributed by atoms with E-state index < -0.39 is 17.5 Å². The number of carbonyl (C=O) groups excluding carboxylic acids is 2. The van der Waals surface area contributed by atoms with Gasteiger partial charge in [0.05, 0.1) is 12.3 Å². The molecular formula is C27H35N3O5. The van der Waals surface area contributed by atoms with E-state index in [0.29, 0.717) is 30.4 Å². The number of nitrogens with two attached hydrogens (primary N) is 1. The van der Waals surface area contributed by atoms with Gasteiger partial charge in [-0.25, -0.2) is 4.79 Å². The number of ether oxygens (including phenoxy) is 2. The summed E-state index contributed by atoms with van der Waals surface area (Å²) in [6.07, 6.45) is 7.03. The van der Waals surface area contributed by atoms with Crippen molar-refractivity contribution in [2.45, 2.75) is 69.8 Å². The van der Waals surface area contributed by atoms with Crippen LogP contribution < -0.4 is 10.5 Å². The Hall–Kier alpha value is -2.87. The first-order valence-electron chi connectivity index (χ1n) is 12.9. The van der Waals surface area contributed by atoms with Gasteiger partial charge < -0.3 is 24.6 Å². The van der Waals surface area contributed by atoms with Gasteiger partial charge >= 0.3 is 5.97 Å². The number of benzene rings is 1. The standard InChI is InChI=1S/C27H35N3O5/c1-18-17-24(35-29-18)25(31)34-27(26(28)32)11-5-19(6-12-27)7-13-30-14-8-20(9-15-30)21-3-2-4-23-22(21)10-16-33-23/h2-4,17,19-20H,5-16H2,1H3,(H2,28,32). The van der Waals surface area contributed by atoms with Crippen LogP contribution in [0.15, 0.2) is 28.8 Å². The van der Waals surface area contributed by atoms with Crippen LogP contribution in [0, 0.1) is 12.8 Å². The molecule has 2 aliphatic heterocycles. The van der Waals surface area contributed by atoms with Crippen LogP contribution in [-0.2, 0) is 16.0 Å². The van der Waals surface area contributed by atoms with Gasteiger partial charge in [-0.2, -0.15) is 0 Å². The van der Waals surface area contributed by atoms with Crippen LogP contribution in [0.5, 0.6) is 5.75 Å². The molecular weight excluding hydrogens is 446 g/mol. The van der Waals surface area contributed by atoms with Crippen LogP contribution in [-0.4, -0.2) is 53.8 Å². The molecule has 0 radical (unpaired) electrons. The van der Waals surface area contributed by atoms with E-state index in [9.17, 15) is 9.59 Å². The number of amides is 1. The average molecular weight is 482 g/mol. The summed E-state index contributed by atoms with van der Waals surface area (Å²) >= 11 is 0. The van der Waals surface area contributed by atoms with Crippen LogP contribution in [0.2, 0.25) is 0 Å². The molecule has 1 aromatic carbocycles. The second-order valence-corrected chi connectivity index (χ2v) is 10.4. The van der Waals surface area contributed by atoms with E-state index in [4.69, 9.17) is 19.7 Å². The molecule has 2 N–H and O–H groups in total. The fourth-order valence-electron chi connectivity index (χ4n) is 5.98. The van der Waals surface area contributed by atoms with Gasteiger partial charge in [-0.05, 0) is 95.0 Å². The Morgan fingerprint density at radius 2 is 1.97 bits per heavy atom. The number of fused-ring (bicyclic) bond motifs is 1.